The Kier molecular flexibility index (Phi) is 6.52. The van der Waals surface area contributed by atoms with Gasteiger partial charge in [0.25, 0.3) is 0 Å². The van der Waals surface area contributed by atoms with Gasteiger partial charge in [-0.1, -0.05) is 19.9 Å². The standard InChI is InChI=1S/C15H25NO2S/c1-12(2)8-9-15(3,18)11-16-14(17)7-6-13-5-4-10-19-13/h4-5,10,12,18H,6-9,11H2,1-3H3,(H,16,17). The summed E-state index contributed by atoms with van der Waals surface area (Å²) in [6, 6.07) is 4.03. The van der Waals surface area contributed by atoms with E-state index in [4.69, 9.17) is 0 Å². The van der Waals surface area contributed by atoms with Crippen LogP contribution >= 0.6 is 11.3 Å². The van der Waals surface area contributed by atoms with Gasteiger partial charge in [-0.3, -0.25) is 4.79 Å². The highest BCUT2D eigenvalue weighted by Gasteiger charge is 2.21. The Hall–Kier alpha value is -0.870. The fraction of sp³-hybridized carbons (Fsp3) is 0.667. The molecule has 1 aromatic rings. The van der Waals surface area contributed by atoms with Gasteiger partial charge in [0.15, 0.2) is 0 Å². The monoisotopic (exact) mass is 283 g/mol. The Bertz CT molecular complexity index is 372. The van der Waals surface area contributed by atoms with E-state index in [0.29, 0.717) is 18.9 Å². The number of amides is 1. The third kappa shape index (κ3) is 7.33. The number of carbonyl (C=O) groups is 1. The maximum Gasteiger partial charge on any atom is 0.220 e. The van der Waals surface area contributed by atoms with Crippen molar-refractivity contribution in [1.82, 2.24) is 5.32 Å². The average molecular weight is 283 g/mol. The molecule has 0 saturated heterocycles. The third-order valence-electron chi connectivity index (χ3n) is 3.11. The molecule has 1 rings (SSSR count). The van der Waals surface area contributed by atoms with Gasteiger partial charge in [-0.25, -0.2) is 0 Å². The van der Waals surface area contributed by atoms with E-state index < -0.39 is 5.60 Å². The second kappa shape index (κ2) is 7.65. The van der Waals surface area contributed by atoms with E-state index >= 15 is 0 Å². The first-order valence-corrected chi connectivity index (χ1v) is 7.78. The minimum absolute atomic E-state index is 0.0122. The van der Waals surface area contributed by atoms with Crippen molar-refractivity contribution in [3.05, 3.63) is 22.4 Å². The van der Waals surface area contributed by atoms with E-state index in [2.05, 4.69) is 19.2 Å². The van der Waals surface area contributed by atoms with E-state index in [0.717, 1.165) is 19.3 Å². The fourth-order valence-corrected chi connectivity index (χ4v) is 2.47. The van der Waals surface area contributed by atoms with Crippen LogP contribution in [0.2, 0.25) is 0 Å². The molecule has 1 aromatic heterocycles. The average Bonchev–Trinajstić information content (AvgIpc) is 2.85. The molecule has 0 radical (unpaired) electrons. The maximum absolute atomic E-state index is 11.7. The molecule has 1 unspecified atom stereocenters. The predicted octanol–water partition coefficient (Wildman–Crippen LogP) is 2.98. The molecule has 0 spiro atoms. The highest BCUT2D eigenvalue weighted by molar-refractivity contribution is 7.09. The van der Waals surface area contributed by atoms with Gasteiger partial charge in [-0.2, -0.15) is 0 Å². The van der Waals surface area contributed by atoms with Gasteiger partial charge in [-0.05, 0) is 43.6 Å². The molecule has 0 aliphatic carbocycles. The Morgan fingerprint density at radius 2 is 2.26 bits per heavy atom. The van der Waals surface area contributed by atoms with Crippen LogP contribution < -0.4 is 5.32 Å². The van der Waals surface area contributed by atoms with Gasteiger partial charge in [-0.15, -0.1) is 11.3 Å². The summed E-state index contributed by atoms with van der Waals surface area (Å²) in [4.78, 5) is 12.9. The van der Waals surface area contributed by atoms with Gasteiger partial charge in [0, 0.05) is 17.8 Å². The number of thiophene rings is 1. The van der Waals surface area contributed by atoms with Crippen molar-refractivity contribution in [1.29, 1.82) is 0 Å². The molecule has 0 aromatic carbocycles. The number of aliphatic hydroxyl groups is 1. The Morgan fingerprint density at radius 3 is 2.84 bits per heavy atom. The number of aryl methyl sites for hydroxylation is 1. The van der Waals surface area contributed by atoms with E-state index in [9.17, 15) is 9.90 Å². The first-order chi connectivity index (χ1) is 8.89. The molecule has 0 fully saturated rings. The highest BCUT2D eigenvalue weighted by atomic mass is 32.1. The first kappa shape index (κ1) is 16.2. The molecule has 3 nitrogen and oxygen atoms in total. The van der Waals surface area contributed by atoms with Crippen LogP contribution in [0.3, 0.4) is 0 Å². The van der Waals surface area contributed by atoms with Crippen molar-refractivity contribution in [3.8, 4) is 0 Å². The van der Waals surface area contributed by atoms with Gasteiger partial charge in [0.2, 0.25) is 5.91 Å². The second-order valence-corrected chi connectivity index (χ2v) is 6.82. The van der Waals surface area contributed by atoms with Gasteiger partial charge in [0.05, 0.1) is 5.60 Å². The summed E-state index contributed by atoms with van der Waals surface area (Å²) < 4.78 is 0. The SMILES string of the molecule is CC(C)CCC(C)(O)CNC(=O)CCc1cccs1. The Balaban J connectivity index is 2.21. The normalized spacial score (nSPS) is 14.4. The van der Waals surface area contributed by atoms with Crippen molar-refractivity contribution in [2.24, 2.45) is 5.92 Å². The summed E-state index contributed by atoms with van der Waals surface area (Å²) in [5.41, 5.74) is -0.803. The van der Waals surface area contributed by atoms with E-state index in [1.807, 2.05) is 17.5 Å². The lowest BCUT2D eigenvalue weighted by Crippen LogP contribution is -2.40. The summed E-state index contributed by atoms with van der Waals surface area (Å²) >= 11 is 1.67. The smallest absolute Gasteiger partial charge is 0.220 e. The highest BCUT2D eigenvalue weighted by Crippen LogP contribution is 2.15. The van der Waals surface area contributed by atoms with Crippen molar-refractivity contribution >= 4 is 17.2 Å². The van der Waals surface area contributed by atoms with Crippen LogP contribution in [0.5, 0.6) is 0 Å². The van der Waals surface area contributed by atoms with Crippen LogP contribution in [0.1, 0.15) is 44.9 Å². The van der Waals surface area contributed by atoms with Crippen LogP contribution in [-0.2, 0) is 11.2 Å². The molecule has 0 aliphatic heterocycles. The minimum Gasteiger partial charge on any atom is -0.388 e. The molecule has 1 atom stereocenters. The van der Waals surface area contributed by atoms with Crippen molar-refractivity contribution in [2.45, 2.75) is 52.1 Å². The summed E-state index contributed by atoms with van der Waals surface area (Å²) in [6.45, 7) is 6.39. The summed E-state index contributed by atoms with van der Waals surface area (Å²) in [5.74, 6) is 0.583. The van der Waals surface area contributed by atoms with Crippen molar-refractivity contribution in [2.75, 3.05) is 6.54 Å². The molecule has 108 valence electrons. The quantitative estimate of drug-likeness (QED) is 0.770. The number of nitrogens with one attached hydrogen (secondary N) is 1. The Morgan fingerprint density at radius 1 is 1.53 bits per heavy atom. The van der Waals surface area contributed by atoms with Gasteiger partial charge < -0.3 is 10.4 Å². The molecule has 1 heterocycles. The maximum atomic E-state index is 11.7. The number of rotatable bonds is 8. The summed E-state index contributed by atoms with van der Waals surface area (Å²) in [7, 11) is 0. The molecule has 0 saturated carbocycles. The molecular weight excluding hydrogens is 258 g/mol. The van der Waals surface area contributed by atoms with Crippen LogP contribution in [0.4, 0.5) is 0 Å². The molecular formula is C15H25NO2S. The van der Waals surface area contributed by atoms with E-state index in [1.165, 1.54) is 4.88 Å². The zero-order chi connectivity index (χ0) is 14.3. The zero-order valence-electron chi connectivity index (χ0n) is 12.1. The minimum atomic E-state index is -0.803. The van der Waals surface area contributed by atoms with Crippen LogP contribution in [0.15, 0.2) is 17.5 Å². The Labute approximate surface area is 120 Å². The molecule has 19 heavy (non-hydrogen) atoms. The zero-order valence-corrected chi connectivity index (χ0v) is 12.9. The molecule has 4 heteroatoms. The predicted molar refractivity (Wildman–Crippen MR) is 80.3 cm³/mol. The second-order valence-electron chi connectivity index (χ2n) is 5.79. The van der Waals surface area contributed by atoms with E-state index in [1.54, 1.807) is 18.3 Å². The lowest BCUT2D eigenvalue weighted by molar-refractivity contribution is -0.122. The van der Waals surface area contributed by atoms with Crippen LogP contribution in [-0.4, -0.2) is 23.2 Å². The largest absolute Gasteiger partial charge is 0.388 e. The molecule has 0 bridgehead atoms. The van der Waals surface area contributed by atoms with Crippen molar-refractivity contribution in [3.63, 3.8) is 0 Å². The number of hydrogen-bond acceptors (Lipinski definition) is 3. The summed E-state index contributed by atoms with van der Waals surface area (Å²) in [5, 5.41) is 15.0. The number of carbonyl (C=O) groups excluding carboxylic acids is 1. The third-order valence-corrected chi connectivity index (χ3v) is 4.04. The fourth-order valence-electron chi connectivity index (χ4n) is 1.76. The van der Waals surface area contributed by atoms with Crippen molar-refractivity contribution < 1.29 is 9.90 Å². The molecule has 0 aliphatic rings. The van der Waals surface area contributed by atoms with E-state index in [-0.39, 0.29) is 5.91 Å². The lowest BCUT2D eigenvalue weighted by atomic mass is 9.95. The molecule has 1 amide bonds. The van der Waals surface area contributed by atoms with Gasteiger partial charge in [0.1, 0.15) is 0 Å². The number of hydrogen-bond donors (Lipinski definition) is 2. The lowest BCUT2D eigenvalue weighted by Gasteiger charge is -2.24. The first-order valence-electron chi connectivity index (χ1n) is 6.90. The molecule has 2 N–H and O–H groups in total. The van der Waals surface area contributed by atoms with Crippen LogP contribution in [0, 0.1) is 5.92 Å². The van der Waals surface area contributed by atoms with Crippen LogP contribution in [0.25, 0.3) is 0 Å². The summed E-state index contributed by atoms with van der Waals surface area (Å²) in [6.07, 6.45) is 2.95. The van der Waals surface area contributed by atoms with Gasteiger partial charge >= 0.3 is 0 Å². The topological polar surface area (TPSA) is 49.3 Å².